The average molecular weight is 339 g/mol. The molecule has 126 valence electrons. The highest BCUT2D eigenvalue weighted by molar-refractivity contribution is 5.98. The highest BCUT2D eigenvalue weighted by atomic mass is 16.2. The maximum Gasteiger partial charge on any atom is 0.297 e. The number of hydrogen-bond donors (Lipinski definition) is 3. The molecule has 3 rings (SSSR count). The van der Waals surface area contributed by atoms with E-state index in [9.17, 15) is 14.4 Å². The zero-order valence-corrected chi connectivity index (χ0v) is 13.1. The standard InChI is InChI=1S/C15H13N7O3/c1-16-13(23)10-12-20-19-11(15(25)22(12)8-17-10)14(24)21-18-7-9-5-3-2-4-6-9/h2-8,20H,1H3,(H,16,23)(H,21,24)/b18-7-. The molecule has 0 aliphatic rings. The van der Waals surface area contributed by atoms with E-state index >= 15 is 0 Å². The number of carbonyl (C=O) groups excluding carboxylic acids is 2. The Hall–Kier alpha value is -3.82. The number of amides is 2. The number of hydrogen-bond acceptors (Lipinski definition) is 6. The molecule has 1 aromatic carbocycles. The van der Waals surface area contributed by atoms with E-state index in [0.29, 0.717) is 0 Å². The summed E-state index contributed by atoms with van der Waals surface area (Å²) in [6.07, 6.45) is 2.58. The van der Waals surface area contributed by atoms with Crippen molar-refractivity contribution >= 4 is 23.7 Å². The number of hydrazone groups is 1. The monoisotopic (exact) mass is 339 g/mol. The fourth-order valence-corrected chi connectivity index (χ4v) is 2.07. The molecule has 2 heterocycles. The zero-order chi connectivity index (χ0) is 17.8. The van der Waals surface area contributed by atoms with Crippen LogP contribution in [0.3, 0.4) is 0 Å². The summed E-state index contributed by atoms with van der Waals surface area (Å²) in [5.41, 5.74) is 1.98. The number of carbonyl (C=O) groups is 2. The fraction of sp³-hybridized carbons (Fsp3) is 0.0667. The molecule has 2 amide bonds. The smallest absolute Gasteiger partial charge is 0.297 e. The van der Waals surface area contributed by atoms with Crippen LogP contribution < -0.4 is 16.3 Å². The van der Waals surface area contributed by atoms with E-state index in [0.717, 1.165) is 16.3 Å². The van der Waals surface area contributed by atoms with Crippen molar-refractivity contribution in [3.8, 4) is 0 Å². The molecule has 10 nitrogen and oxygen atoms in total. The number of imidazole rings is 1. The second-order valence-electron chi connectivity index (χ2n) is 4.88. The number of aromatic nitrogens is 4. The number of aromatic amines is 1. The van der Waals surface area contributed by atoms with Crippen molar-refractivity contribution in [1.29, 1.82) is 0 Å². The molecule has 0 aliphatic heterocycles. The number of H-pyrrole nitrogens is 1. The number of benzene rings is 1. The first-order valence-electron chi connectivity index (χ1n) is 7.18. The third-order valence-corrected chi connectivity index (χ3v) is 3.30. The Morgan fingerprint density at radius 3 is 2.68 bits per heavy atom. The van der Waals surface area contributed by atoms with Gasteiger partial charge in [-0.15, -0.1) is 0 Å². The molecule has 2 aromatic heterocycles. The van der Waals surface area contributed by atoms with Crippen LogP contribution in [0.1, 0.15) is 26.5 Å². The molecular weight excluding hydrogens is 326 g/mol. The van der Waals surface area contributed by atoms with Gasteiger partial charge in [0.15, 0.2) is 11.3 Å². The minimum Gasteiger partial charge on any atom is -0.354 e. The van der Waals surface area contributed by atoms with E-state index in [2.05, 4.69) is 31.0 Å². The molecule has 25 heavy (non-hydrogen) atoms. The Labute approximate surface area is 140 Å². The normalized spacial score (nSPS) is 10.9. The van der Waals surface area contributed by atoms with E-state index in [1.807, 2.05) is 18.2 Å². The Morgan fingerprint density at radius 2 is 1.96 bits per heavy atom. The van der Waals surface area contributed by atoms with Crippen LogP contribution in [0.4, 0.5) is 0 Å². The Morgan fingerprint density at radius 1 is 1.20 bits per heavy atom. The first-order chi connectivity index (χ1) is 12.1. The maximum absolute atomic E-state index is 12.3. The Kier molecular flexibility index (Phi) is 4.33. The third kappa shape index (κ3) is 3.13. The first kappa shape index (κ1) is 16.1. The van der Waals surface area contributed by atoms with E-state index in [-0.39, 0.29) is 11.3 Å². The minimum absolute atomic E-state index is 0.00107. The van der Waals surface area contributed by atoms with E-state index < -0.39 is 23.1 Å². The van der Waals surface area contributed by atoms with Crippen LogP contribution in [0.25, 0.3) is 5.65 Å². The molecule has 0 aliphatic carbocycles. The molecule has 0 saturated heterocycles. The van der Waals surface area contributed by atoms with Crippen molar-refractivity contribution in [2.75, 3.05) is 7.05 Å². The predicted octanol–water partition coefficient (Wildman–Crippen LogP) is -0.459. The van der Waals surface area contributed by atoms with Gasteiger partial charge in [0.2, 0.25) is 5.69 Å². The van der Waals surface area contributed by atoms with Gasteiger partial charge >= 0.3 is 0 Å². The van der Waals surface area contributed by atoms with E-state index in [4.69, 9.17) is 0 Å². The van der Waals surface area contributed by atoms with Gasteiger partial charge in [0, 0.05) is 7.05 Å². The van der Waals surface area contributed by atoms with Crippen molar-refractivity contribution in [2.45, 2.75) is 0 Å². The number of nitrogens with one attached hydrogen (secondary N) is 3. The second kappa shape index (κ2) is 6.74. The second-order valence-corrected chi connectivity index (χ2v) is 4.88. The van der Waals surface area contributed by atoms with Crippen molar-refractivity contribution < 1.29 is 9.59 Å². The van der Waals surface area contributed by atoms with Crippen LogP contribution >= 0.6 is 0 Å². The molecule has 0 atom stereocenters. The van der Waals surface area contributed by atoms with Gasteiger partial charge < -0.3 is 5.32 Å². The van der Waals surface area contributed by atoms with Crippen LogP contribution in [0.5, 0.6) is 0 Å². The Balaban J connectivity index is 1.85. The van der Waals surface area contributed by atoms with E-state index in [1.54, 1.807) is 12.1 Å². The topological polar surface area (TPSA) is 134 Å². The van der Waals surface area contributed by atoms with Gasteiger partial charge in [-0.1, -0.05) is 30.3 Å². The lowest BCUT2D eigenvalue weighted by Gasteiger charge is -2.00. The third-order valence-electron chi connectivity index (χ3n) is 3.30. The van der Waals surface area contributed by atoms with Crippen LogP contribution in [0.15, 0.2) is 46.6 Å². The molecule has 0 spiro atoms. The molecular formula is C15H13N7O3. The van der Waals surface area contributed by atoms with Crippen LogP contribution in [-0.4, -0.2) is 44.7 Å². The van der Waals surface area contributed by atoms with Gasteiger partial charge in [0.25, 0.3) is 17.4 Å². The van der Waals surface area contributed by atoms with Crippen molar-refractivity contribution in [3.05, 3.63) is 64.0 Å². The molecule has 0 saturated carbocycles. The quantitative estimate of drug-likeness (QED) is 0.437. The zero-order valence-electron chi connectivity index (χ0n) is 13.1. The molecule has 0 bridgehead atoms. The lowest BCUT2D eigenvalue weighted by atomic mass is 10.2. The van der Waals surface area contributed by atoms with Gasteiger partial charge in [-0.3, -0.25) is 19.5 Å². The summed E-state index contributed by atoms with van der Waals surface area (Å²) < 4.78 is 1.04. The molecule has 0 fully saturated rings. The Bertz CT molecular complexity index is 1020. The van der Waals surface area contributed by atoms with Crippen molar-refractivity contribution in [3.63, 3.8) is 0 Å². The van der Waals surface area contributed by atoms with Gasteiger partial charge in [-0.25, -0.2) is 14.8 Å². The average Bonchev–Trinajstić information content (AvgIpc) is 3.07. The van der Waals surface area contributed by atoms with Crippen molar-refractivity contribution in [2.24, 2.45) is 5.10 Å². The molecule has 0 radical (unpaired) electrons. The van der Waals surface area contributed by atoms with Crippen molar-refractivity contribution in [1.82, 2.24) is 30.3 Å². The van der Waals surface area contributed by atoms with E-state index in [1.165, 1.54) is 13.3 Å². The fourth-order valence-electron chi connectivity index (χ4n) is 2.07. The summed E-state index contributed by atoms with van der Waals surface area (Å²) in [6.45, 7) is 0. The summed E-state index contributed by atoms with van der Waals surface area (Å²) in [7, 11) is 1.44. The SMILES string of the molecule is CNC(=O)c1ncn2c(=O)c(C(=O)N/N=C\c3ccccc3)n[nH]c12. The molecule has 3 aromatic rings. The summed E-state index contributed by atoms with van der Waals surface area (Å²) in [5.74, 6) is -1.27. The highest BCUT2D eigenvalue weighted by Gasteiger charge is 2.19. The number of nitrogens with zero attached hydrogens (tertiary/aromatic N) is 4. The van der Waals surface area contributed by atoms with Gasteiger partial charge in [-0.05, 0) is 5.56 Å². The van der Waals surface area contributed by atoms with Crippen LogP contribution in [-0.2, 0) is 0 Å². The summed E-state index contributed by atoms with van der Waals surface area (Å²) >= 11 is 0. The number of rotatable bonds is 4. The largest absolute Gasteiger partial charge is 0.354 e. The van der Waals surface area contributed by atoms with Gasteiger partial charge in [0.1, 0.15) is 6.33 Å². The number of fused-ring (bicyclic) bond motifs is 1. The molecule has 0 unspecified atom stereocenters. The summed E-state index contributed by atoms with van der Waals surface area (Å²) in [5, 5.41) is 12.4. The summed E-state index contributed by atoms with van der Waals surface area (Å²) in [6, 6.07) is 9.11. The highest BCUT2D eigenvalue weighted by Crippen LogP contribution is 2.03. The predicted molar refractivity (Wildman–Crippen MR) is 88.5 cm³/mol. The van der Waals surface area contributed by atoms with Crippen LogP contribution in [0.2, 0.25) is 0 Å². The van der Waals surface area contributed by atoms with Gasteiger partial charge in [-0.2, -0.15) is 10.2 Å². The minimum atomic E-state index is -0.787. The first-order valence-corrected chi connectivity index (χ1v) is 7.18. The van der Waals surface area contributed by atoms with Gasteiger partial charge in [0.05, 0.1) is 6.21 Å². The molecule has 3 N–H and O–H groups in total. The maximum atomic E-state index is 12.3. The summed E-state index contributed by atoms with van der Waals surface area (Å²) in [4.78, 5) is 39.9. The molecule has 10 heteroatoms. The lowest BCUT2D eigenvalue weighted by molar-refractivity contribution is 0.0944. The lowest BCUT2D eigenvalue weighted by Crippen LogP contribution is -2.31. The van der Waals surface area contributed by atoms with Crippen LogP contribution in [0, 0.1) is 0 Å².